The van der Waals surface area contributed by atoms with Crippen LogP contribution in [0, 0.1) is 5.82 Å². The van der Waals surface area contributed by atoms with Gasteiger partial charge in [-0.25, -0.2) is 4.39 Å². The number of likely N-dealkylation sites (N-methyl/N-ethyl adjacent to an activating group) is 1. The number of nitrogens with one attached hydrogen (secondary N) is 1. The van der Waals surface area contributed by atoms with Gasteiger partial charge in [-0.3, -0.25) is 9.59 Å². The Morgan fingerprint density at radius 2 is 2.12 bits per heavy atom. The zero-order valence-corrected chi connectivity index (χ0v) is 15.1. The number of morpholine rings is 1. The number of carbonyl (C=O) groups excluding carboxylic acids is 2. The summed E-state index contributed by atoms with van der Waals surface area (Å²) in [5.41, 5.74) is 0.262. The van der Waals surface area contributed by atoms with E-state index in [0.717, 1.165) is 0 Å². The molecule has 0 spiro atoms. The topological polar surface area (TPSA) is 61.9 Å². The summed E-state index contributed by atoms with van der Waals surface area (Å²) in [6, 6.07) is 5.15. The zero-order chi connectivity index (χ0) is 17.3. The molecule has 2 saturated heterocycles. The van der Waals surface area contributed by atoms with Crippen molar-refractivity contribution >= 4 is 29.9 Å². The third kappa shape index (κ3) is 3.78. The van der Waals surface area contributed by atoms with Crippen molar-refractivity contribution in [2.75, 3.05) is 31.6 Å². The van der Waals surface area contributed by atoms with Gasteiger partial charge in [-0.15, -0.1) is 12.4 Å². The minimum absolute atomic E-state index is 0. The van der Waals surface area contributed by atoms with E-state index in [4.69, 9.17) is 4.74 Å². The predicted octanol–water partition coefficient (Wildman–Crippen LogP) is 1.19. The van der Waals surface area contributed by atoms with Crippen LogP contribution in [0.2, 0.25) is 0 Å². The van der Waals surface area contributed by atoms with Crippen molar-refractivity contribution in [3.8, 4) is 0 Å². The van der Waals surface area contributed by atoms with Gasteiger partial charge in [0.1, 0.15) is 17.9 Å². The number of hydrogen-bond donors (Lipinski definition) is 1. The van der Waals surface area contributed by atoms with E-state index in [2.05, 4.69) is 5.32 Å². The molecule has 1 unspecified atom stereocenters. The van der Waals surface area contributed by atoms with Crippen molar-refractivity contribution in [2.24, 2.45) is 0 Å². The molecule has 1 aromatic rings. The number of ether oxygens (including phenoxy) is 1. The predicted molar refractivity (Wildman–Crippen MR) is 94.4 cm³/mol. The van der Waals surface area contributed by atoms with E-state index in [0.29, 0.717) is 26.1 Å². The quantitative estimate of drug-likeness (QED) is 0.867. The fourth-order valence-electron chi connectivity index (χ4n) is 3.32. The lowest BCUT2D eigenvalue weighted by Crippen LogP contribution is -2.58. The number of carbonyl (C=O) groups is 2. The zero-order valence-electron chi connectivity index (χ0n) is 14.3. The monoisotopic (exact) mass is 371 g/mol. The lowest BCUT2D eigenvalue weighted by atomic mass is 10.1. The van der Waals surface area contributed by atoms with Gasteiger partial charge in [0.2, 0.25) is 11.8 Å². The number of rotatable bonds is 3. The Morgan fingerprint density at radius 1 is 1.40 bits per heavy atom. The Morgan fingerprint density at radius 3 is 2.80 bits per heavy atom. The van der Waals surface area contributed by atoms with Crippen LogP contribution in [0.1, 0.15) is 13.3 Å². The van der Waals surface area contributed by atoms with Gasteiger partial charge in [-0.05, 0) is 25.5 Å². The van der Waals surface area contributed by atoms with Gasteiger partial charge in [-0.1, -0.05) is 12.1 Å². The van der Waals surface area contributed by atoms with Crippen LogP contribution >= 0.6 is 12.4 Å². The summed E-state index contributed by atoms with van der Waals surface area (Å²) in [5.74, 6) is -0.854. The second kappa shape index (κ2) is 8.12. The van der Waals surface area contributed by atoms with Crippen LogP contribution in [0.25, 0.3) is 0 Å². The average molecular weight is 372 g/mol. The molecule has 6 nitrogen and oxygen atoms in total. The molecule has 0 radical (unpaired) electrons. The summed E-state index contributed by atoms with van der Waals surface area (Å²) in [6.07, 6.45) is 0.241. The maximum atomic E-state index is 13.9. The third-order valence-electron chi connectivity index (χ3n) is 4.72. The molecule has 1 aromatic carbocycles. The number of hydrogen-bond acceptors (Lipinski definition) is 4. The standard InChI is InChI=1S/C17H22FN3O3.ClH/c1-11-15(19-8-10-24-11)17(23)20(2)14-7-9-21(16(14)22)13-6-4-3-5-12(13)18;/h3-6,11,14-15,19H,7-10H2,1-2H3;1H/t11-,14?,15+;/m1./s1. The highest BCUT2D eigenvalue weighted by Crippen LogP contribution is 2.26. The maximum Gasteiger partial charge on any atom is 0.249 e. The molecule has 0 saturated carbocycles. The van der Waals surface area contributed by atoms with Crippen LogP contribution in [0.5, 0.6) is 0 Å². The van der Waals surface area contributed by atoms with Crippen LogP contribution in [0.3, 0.4) is 0 Å². The summed E-state index contributed by atoms with van der Waals surface area (Å²) in [6.45, 7) is 3.41. The maximum absolute atomic E-state index is 13.9. The lowest BCUT2D eigenvalue weighted by Gasteiger charge is -2.34. The second-order valence-corrected chi connectivity index (χ2v) is 6.20. The molecule has 2 aliphatic rings. The largest absolute Gasteiger partial charge is 0.375 e. The molecule has 8 heteroatoms. The van der Waals surface area contributed by atoms with E-state index in [1.165, 1.54) is 15.9 Å². The number of para-hydroxylation sites is 1. The normalized spacial score (nSPS) is 26.3. The Balaban J connectivity index is 0.00000225. The summed E-state index contributed by atoms with van der Waals surface area (Å²) >= 11 is 0. The summed E-state index contributed by atoms with van der Waals surface area (Å²) in [7, 11) is 1.62. The van der Waals surface area contributed by atoms with Gasteiger partial charge in [0, 0.05) is 20.1 Å². The number of anilines is 1. The average Bonchev–Trinajstić information content (AvgIpc) is 2.96. The van der Waals surface area contributed by atoms with E-state index in [-0.39, 0.29) is 36.0 Å². The lowest BCUT2D eigenvalue weighted by molar-refractivity contribution is -0.143. The first-order chi connectivity index (χ1) is 11.5. The number of nitrogens with zero attached hydrogens (tertiary/aromatic N) is 2. The van der Waals surface area contributed by atoms with Gasteiger partial charge >= 0.3 is 0 Å². The molecule has 0 aliphatic carbocycles. The number of halogens is 2. The van der Waals surface area contributed by atoms with Crippen LogP contribution in [-0.2, 0) is 14.3 Å². The highest BCUT2D eigenvalue weighted by atomic mass is 35.5. The summed E-state index contributed by atoms with van der Waals surface area (Å²) in [4.78, 5) is 28.3. The van der Waals surface area contributed by atoms with Crippen molar-refractivity contribution in [3.05, 3.63) is 30.1 Å². The Kier molecular flexibility index (Phi) is 6.37. The molecular weight excluding hydrogens is 349 g/mol. The fraction of sp³-hybridized carbons (Fsp3) is 0.529. The Hall–Kier alpha value is -1.70. The SMILES string of the molecule is C[C@H]1OCCN[C@@H]1C(=O)N(C)C1CCN(c2ccccc2F)C1=O.Cl. The second-order valence-electron chi connectivity index (χ2n) is 6.20. The molecule has 25 heavy (non-hydrogen) atoms. The molecule has 138 valence electrons. The first kappa shape index (κ1) is 19.6. The molecule has 3 rings (SSSR count). The summed E-state index contributed by atoms with van der Waals surface area (Å²) in [5, 5.41) is 3.14. The number of benzene rings is 1. The molecule has 3 atom stereocenters. The van der Waals surface area contributed by atoms with Crippen LogP contribution in [0.15, 0.2) is 24.3 Å². The van der Waals surface area contributed by atoms with Gasteiger partial charge in [0.15, 0.2) is 0 Å². The van der Waals surface area contributed by atoms with Crippen LogP contribution in [0.4, 0.5) is 10.1 Å². The fourth-order valence-corrected chi connectivity index (χ4v) is 3.32. The molecule has 1 N–H and O–H groups in total. The van der Waals surface area contributed by atoms with Crippen molar-refractivity contribution in [2.45, 2.75) is 31.5 Å². The minimum atomic E-state index is -0.576. The van der Waals surface area contributed by atoms with Crippen molar-refractivity contribution in [3.63, 3.8) is 0 Å². The first-order valence-corrected chi connectivity index (χ1v) is 8.18. The molecule has 2 fully saturated rings. The van der Waals surface area contributed by atoms with Gasteiger partial charge < -0.3 is 19.9 Å². The van der Waals surface area contributed by atoms with E-state index in [1.54, 1.807) is 25.2 Å². The Labute approximate surface area is 152 Å². The van der Waals surface area contributed by atoms with E-state index in [9.17, 15) is 14.0 Å². The van der Waals surface area contributed by atoms with Crippen molar-refractivity contribution in [1.29, 1.82) is 0 Å². The molecular formula is C17H23ClFN3O3. The molecule has 2 heterocycles. The molecule has 2 aliphatic heterocycles. The van der Waals surface area contributed by atoms with E-state index < -0.39 is 17.9 Å². The molecule has 0 bridgehead atoms. The Bertz CT molecular complexity index is 645. The molecule has 2 amide bonds. The molecule has 0 aromatic heterocycles. The smallest absolute Gasteiger partial charge is 0.249 e. The van der Waals surface area contributed by atoms with Gasteiger partial charge in [-0.2, -0.15) is 0 Å². The third-order valence-corrected chi connectivity index (χ3v) is 4.72. The summed E-state index contributed by atoms with van der Waals surface area (Å²) < 4.78 is 19.4. The highest BCUT2D eigenvalue weighted by Gasteiger charge is 2.41. The van der Waals surface area contributed by atoms with Crippen LogP contribution in [-0.4, -0.2) is 61.6 Å². The van der Waals surface area contributed by atoms with Crippen LogP contribution < -0.4 is 10.2 Å². The van der Waals surface area contributed by atoms with E-state index >= 15 is 0 Å². The van der Waals surface area contributed by atoms with Gasteiger partial charge in [0.05, 0.1) is 18.4 Å². The van der Waals surface area contributed by atoms with Crippen molar-refractivity contribution in [1.82, 2.24) is 10.2 Å². The highest BCUT2D eigenvalue weighted by molar-refractivity contribution is 6.01. The van der Waals surface area contributed by atoms with Gasteiger partial charge in [0.25, 0.3) is 0 Å². The van der Waals surface area contributed by atoms with Crippen molar-refractivity contribution < 1.29 is 18.7 Å². The van der Waals surface area contributed by atoms with E-state index in [1.807, 2.05) is 6.92 Å². The minimum Gasteiger partial charge on any atom is -0.375 e. The number of amides is 2. The first-order valence-electron chi connectivity index (χ1n) is 8.18.